The largest absolute Gasteiger partial charge is 0.465 e. The van der Waals surface area contributed by atoms with E-state index in [0.29, 0.717) is 6.07 Å². The van der Waals surface area contributed by atoms with E-state index in [0.717, 1.165) is 28.6 Å². The number of nitrogens with one attached hydrogen (secondary N) is 2. The summed E-state index contributed by atoms with van der Waals surface area (Å²) in [5.74, 6) is -1.45. The summed E-state index contributed by atoms with van der Waals surface area (Å²) in [7, 11) is 1.44. The quantitative estimate of drug-likeness (QED) is 0.220. The van der Waals surface area contributed by atoms with Crippen molar-refractivity contribution in [3.05, 3.63) is 71.0 Å². The minimum Gasteiger partial charge on any atom is -0.465 e. The van der Waals surface area contributed by atoms with Gasteiger partial charge in [0.25, 0.3) is 0 Å². The monoisotopic (exact) mass is 542 g/mol. The zero-order valence-electron chi connectivity index (χ0n) is 22.1. The molecule has 0 radical (unpaired) electrons. The van der Waals surface area contributed by atoms with E-state index in [4.69, 9.17) is 0 Å². The molecule has 0 spiro atoms. The molecule has 0 bridgehead atoms. The number of aryl methyl sites for hydroxylation is 2. The zero-order valence-corrected chi connectivity index (χ0v) is 22.1. The fourth-order valence-electron chi connectivity index (χ4n) is 4.02. The number of aromatic nitrogens is 1. The zero-order chi connectivity index (χ0) is 29.1. The van der Waals surface area contributed by atoms with Gasteiger partial charge in [-0.1, -0.05) is 18.2 Å². The molecule has 0 fully saturated rings. The molecule has 0 saturated carbocycles. The van der Waals surface area contributed by atoms with Crippen LogP contribution in [0.3, 0.4) is 0 Å². The first-order valence-corrected chi connectivity index (χ1v) is 12.0. The maximum Gasteiger partial charge on any atom is 0.418 e. The van der Waals surface area contributed by atoms with E-state index in [1.54, 1.807) is 26.0 Å². The summed E-state index contributed by atoms with van der Waals surface area (Å²) in [5, 5.41) is 13.5. The van der Waals surface area contributed by atoms with E-state index in [-0.39, 0.29) is 23.0 Å². The van der Waals surface area contributed by atoms with Crippen LogP contribution in [0.1, 0.15) is 47.6 Å². The van der Waals surface area contributed by atoms with E-state index in [1.165, 1.54) is 18.0 Å². The van der Waals surface area contributed by atoms with Crippen LogP contribution in [0.25, 0.3) is 11.1 Å². The molecule has 1 aromatic heterocycles. The second kappa shape index (κ2) is 11.5. The first-order chi connectivity index (χ1) is 18.1. The van der Waals surface area contributed by atoms with Crippen molar-refractivity contribution >= 4 is 34.8 Å². The average Bonchev–Trinajstić information content (AvgIpc) is 2.82. The number of anilines is 3. The van der Waals surface area contributed by atoms with Crippen molar-refractivity contribution in [2.75, 3.05) is 22.6 Å². The maximum atomic E-state index is 13.9. The van der Waals surface area contributed by atoms with Crippen molar-refractivity contribution < 1.29 is 32.7 Å². The number of amides is 2. The van der Waals surface area contributed by atoms with Crippen molar-refractivity contribution in [2.45, 2.75) is 46.3 Å². The molecule has 3 rings (SSSR count). The number of ketones is 1. The van der Waals surface area contributed by atoms with Crippen molar-refractivity contribution in [1.29, 1.82) is 0 Å². The Balaban J connectivity index is 1.90. The average molecular weight is 543 g/mol. The van der Waals surface area contributed by atoms with Crippen LogP contribution in [0.15, 0.2) is 48.5 Å². The predicted octanol–water partition coefficient (Wildman–Crippen LogP) is 6.53. The molecule has 0 aliphatic heterocycles. The lowest BCUT2D eigenvalue weighted by molar-refractivity contribution is -0.137. The number of benzene rings is 2. The third-order valence-electron chi connectivity index (χ3n) is 6.03. The number of carbonyl (C=O) groups excluding carboxylic acids is 2. The molecule has 0 aliphatic carbocycles. The molecule has 0 aliphatic rings. The normalized spacial score (nSPS) is 11.3. The van der Waals surface area contributed by atoms with Gasteiger partial charge in [-0.05, 0) is 69.2 Å². The Bertz CT molecular complexity index is 1400. The summed E-state index contributed by atoms with van der Waals surface area (Å²) < 4.78 is 41.7. The number of rotatable bonds is 8. The first kappa shape index (κ1) is 29.2. The van der Waals surface area contributed by atoms with Gasteiger partial charge in [0.2, 0.25) is 5.91 Å². The van der Waals surface area contributed by atoms with Gasteiger partial charge in [-0.25, -0.2) is 4.79 Å². The van der Waals surface area contributed by atoms with E-state index in [9.17, 15) is 32.7 Å². The highest BCUT2D eigenvalue weighted by atomic mass is 19.4. The SMILES string of the molecule is Cc1cc(-c2cccc(C(=O)CC(=O)Nc3cc(C(F)(F)F)c(N(C)C(C)C)cc3NC(=O)O)c2)cc(C)n1. The highest BCUT2D eigenvalue weighted by Crippen LogP contribution is 2.42. The molecule has 3 aromatic rings. The molecule has 8 nitrogen and oxygen atoms in total. The number of carboxylic acid groups (broad SMARTS) is 1. The second-order valence-electron chi connectivity index (χ2n) is 9.42. The minimum absolute atomic E-state index is 0.239. The molecular formula is C28H29F3N4O4. The van der Waals surface area contributed by atoms with Gasteiger partial charge in [0.05, 0.1) is 29.0 Å². The van der Waals surface area contributed by atoms with Crippen molar-refractivity contribution in [1.82, 2.24) is 4.98 Å². The molecular weight excluding hydrogens is 513 g/mol. The lowest BCUT2D eigenvalue weighted by Gasteiger charge is -2.28. The standard InChI is InChI=1S/C28H29F3N4O4/c1-15(2)35(5)24-13-23(34-27(38)39)22(12-21(24)28(29,30)31)33-26(37)14-25(36)19-8-6-7-18(11-19)20-9-16(3)32-17(4)10-20/h6-13,15,34H,14H2,1-5H3,(H,33,37)(H,38,39). The van der Waals surface area contributed by atoms with Crippen LogP contribution in [0.2, 0.25) is 0 Å². The number of halogens is 3. The number of alkyl halides is 3. The number of pyridine rings is 1. The summed E-state index contributed by atoms with van der Waals surface area (Å²) in [6.07, 6.45) is -6.99. The molecule has 206 valence electrons. The van der Waals surface area contributed by atoms with E-state index in [2.05, 4.69) is 10.3 Å². The van der Waals surface area contributed by atoms with Crippen LogP contribution >= 0.6 is 0 Å². The van der Waals surface area contributed by atoms with Gasteiger partial charge in [-0.3, -0.25) is 19.9 Å². The highest BCUT2D eigenvalue weighted by Gasteiger charge is 2.36. The third-order valence-corrected chi connectivity index (χ3v) is 6.03. The molecule has 2 aromatic carbocycles. The summed E-state index contributed by atoms with van der Waals surface area (Å²) in [4.78, 5) is 42.7. The van der Waals surface area contributed by atoms with Crippen molar-refractivity contribution in [2.24, 2.45) is 0 Å². The van der Waals surface area contributed by atoms with E-state index in [1.807, 2.05) is 37.4 Å². The number of carbonyl (C=O) groups is 3. The molecule has 0 unspecified atom stereocenters. The number of Topliss-reactive ketones (excluding diaryl/α,β-unsaturated/α-hetero) is 1. The van der Waals surface area contributed by atoms with E-state index < -0.39 is 41.6 Å². The molecule has 3 N–H and O–H groups in total. The minimum atomic E-state index is -4.79. The van der Waals surface area contributed by atoms with Crippen molar-refractivity contribution in [3.8, 4) is 11.1 Å². The van der Waals surface area contributed by atoms with Crippen LogP contribution in [0.5, 0.6) is 0 Å². The molecule has 1 heterocycles. The highest BCUT2D eigenvalue weighted by molar-refractivity contribution is 6.12. The fourth-order valence-corrected chi connectivity index (χ4v) is 4.02. The number of hydrogen-bond donors (Lipinski definition) is 3. The van der Waals surface area contributed by atoms with Crippen LogP contribution in [-0.2, 0) is 11.0 Å². The van der Waals surface area contributed by atoms with Gasteiger partial charge >= 0.3 is 12.3 Å². The van der Waals surface area contributed by atoms with Crippen LogP contribution in [-0.4, -0.2) is 41.0 Å². The van der Waals surface area contributed by atoms with E-state index >= 15 is 0 Å². The molecule has 0 atom stereocenters. The van der Waals surface area contributed by atoms with Crippen LogP contribution in [0, 0.1) is 13.8 Å². The summed E-state index contributed by atoms with van der Waals surface area (Å²) in [5.41, 5.74) is 1.41. The molecule has 11 heteroatoms. The lowest BCUT2D eigenvalue weighted by atomic mass is 9.99. The first-order valence-electron chi connectivity index (χ1n) is 12.0. The topological polar surface area (TPSA) is 112 Å². The summed E-state index contributed by atoms with van der Waals surface area (Å²) in [6, 6.07) is 11.7. The molecule has 39 heavy (non-hydrogen) atoms. The molecule has 0 saturated heterocycles. The smallest absolute Gasteiger partial charge is 0.418 e. The fraction of sp³-hybridized carbons (Fsp3) is 0.286. The third kappa shape index (κ3) is 7.34. The number of hydrogen-bond acceptors (Lipinski definition) is 5. The summed E-state index contributed by atoms with van der Waals surface area (Å²) in [6.45, 7) is 7.05. The number of nitrogens with zero attached hydrogens (tertiary/aromatic N) is 2. The van der Waals surface area contributed by atoms with Gasteiger partial charge in [0.15, 0.2) is 5.78 Å². The lowest BCUT2D eigenvalue weighted by Crippen LogP contribution is -2.29. The Hall–Kier alpha value is -4.41. The predicted molar refractivity (Wildman–Crippen MR) is 143 cm³/mol. The molecule has 2 amide bonds. The Morgan fingerprint density at radius 2 is 1.56 bits per heavy atom. The van der Waals surface area contributed by atoms with Crippen LogP contribution in [0.4, 0.5) is 35.0 Å². The van der Waals surface area contributed by atoms with Crippen LogP contribution < -0.4 is 15.5 Å². The summed E-state index contributed by atoms with van der Waals surface area (Å²) >= 11 is 0. The van der Waals surface area contributed by atoms with Gasteiger partial charge in [-0.15, -0.1) is 0 Å². The Morgan fingerprint density at radius 3 is 2.13 bits per heavy atom. The Morgan fingerprint density at radius 1 is 0.949 bits per heavy atom. The van der Waals surface area contributed by atoms with Gasteiger partial charge in [0, 0.05) is 30.0 Å². The van der Waals surface area contributed by atoms with Crippen molar-refractivity contribution in [3.63, 3.8) is 0 Å². The Labute approximate surface area is 223 Å². The van der Waals surface area contributed by atoms with Gasteiger partial charge < -0.3 is 15.3 Å². The van der Waals surface area contributed by atoms with Gasteiger partial charge in [0.1, 0.15) is 0 Å². The maximum absolute atomic E-state index is 13.9. The Kier molecular flexibility index (Phi) is 8.63. The van der Waals surface area contributed by atoms with Gasteiger partial charge in [-0.2, -0.15) is 13.2 Å². The second-order valence-corrected chi connectivity index (χ2v) is 9.42.